The first-order valence-electron chi connectivity index (χ1n) is 9.70. The van der Waals surface area contributed by atoms with Crippen LogP contribution in [0, 0.1) is 17.8 Å². The summed E-state index contributed by atoms with van der Waals surface area (Å²) in [4.78, 5) is 36.4. The van der Waals surface area contributed by atoms with Gasteiger partial charge < -0.3 is 9.47 Å². The number of aromatic nitrogens is 2. The number of carbonyl (C=O) groups excluding carboxylic acids is 2. The molecule has 1 aromatic carbocycles. The van der Waals surface area contributed by atoms with Gasteiger partial charge in [0.25, 0.3) is 5.56 Å². The zero-order chi connectivity index (χ0) is 20.3. The molecule has 0 aliphatic heterocycles. The van der Waals surface area contributed by atoms with Crippen molar-refractivity contribution in [1.82, 2.24) is 10.2 Å². The normalized spacial score (nSPS) is 22.2. The molecule has 2 aromatic rings. The molecule has 0 amide bonds. The van der Waals surface area contributed by atoms with Crippen molar-refractivity contribution >= 4 is 22.7 Å². The molecule has 1 aliphatic carbocycles. The van der Waals surface area contributed by atoms with Crippen LogP contribution >= 0.6 is 0 Å². The number of aromatic amines is 1. The molecular formula is C21H26N2O5. The Morgan fingerprint density at radius 2 is 1.93 bits per heavy atom. The molecule has 3 atom stereocenters. The van der Waals surface area contributed by atoms with Crippen molar-refractivity contribution in [2.45, 2.75) is 46.1 Å². The van der Waals surface area contributed by atoms with Crippen LogP contribution in [0.3, 0.4) is 0 Å². The van der Waals surface area contributed by atoms with Crippen LogP contribution in [0.2, 0.25) is 0 Å². The first-order chi connectivity index (χ1) is 13.4. The van der Waals surface area contributed by atoms with Crippen LogP contribution in [0.15, 0.2) is 29.1 Å². The summed E-state index contributed by atoms with van der Waals surface area (Å²) in [6.07, 6.45) is 2.84. The van der Waals surface area contributed by atoms with Crippen LogP contribution in [-0.4, -0.2) is 34.8 Å². The van der Waals surface area contributed by atoms with E-state index in [4.69, 9.17) is 9.47 Å². The lowest BCUT2D eigenvalue weighted by Crippen LogP contribution is -2.36. The summed E-state index contributed by atoms with van der Waals surface area (Å²) < 4.78 is 10.7. The summed E-state index contributed by atoms with van der Waals surface area (Å²) in [5.41, 5.74) is -0.424. The molecule has 1 aromatic heterocycles. The molecule has 3 rings (SSSR count). The third-order valence-electron chi connectivity index (χ3n) is 5.45. The Labute approximate surface area is 163 Å². The first-order valence-corrected chi connectivity index (χ1v) is 9.70. The van der Waals surface area contributed by atoms with Gasteiger partial charge in [-0.25, -0.2) is 14.7 Å². The minimum Gasteiger partial charge on any atom is -0.460 e. The molecule has 150 valence electrons. The van der Waals surface area contributed by atoms with E-state index in [0.717, 1.165) is 19.3 Å². The highest BCUT2D eigenvalue weighted by molar-refractivity contribution is 6.02. The van der Waals surface area contributed by atoms with E-state index in [1.54, 1.807) is 24.3 Å². The smallest absolute Gasteiger partial charge is 0.360 e. The Kier molecular flexibility index (Phi) is 6.11. The maximum absolute atomic E-state index is 12.4. The Morgan fingerprint density at radius 3 is 2.64 bits per heavy atom. The molecule has 1 saturated carbocycles. The molecule has 3 unspecified atom stereocenters. The number of ether oxygens (including phenoxy) is 2. The number of esters is 2. The van der Waals surface area contributed by atoms with Gasteiger partial charge in [0.1, 0.15) is 6.10 Å². The van der Waals surface area contributed by atoms with E-state index in [2.05, 4.69) is 31.0 Å². The first kappa shape index (κ1) is 20.0. The number of rotatable bonds is 5. The van der Waals surface area contributed by atoms with Crippen LogP contribution < -0.4 is 5.56 Å². The second kappa shape index (κ2) is 8.54. The van der Waals surface area contributed by atoms with Crippen molar-refractivity contribution in [3.05, 3.63) is 40.3 Å². The summed E-state index contributed by atoms with van der Waals surface area (Å²) in [5, 5.41) is 6.77. The quantitative estimate of drug-likeness (QED) is 0.793. The monoisotopic (exact) mass is 386 g/mol. The summed E-state index contributed by atoms with van der Waals surface area (Å²) in [6, 6.07) is 6.60. The highest BCUT2D eigenvalue weighted by atomic mass is 16.6. The van der Waals surface area contributed by atoms with Crippen molar-refractivity contribution < 1.29 is 19.1 Å². The number of carbonyl (C=O) groups is 2. The second-order valence-electron chi connectivity index (χ2n) is 7.88. The van der Waals surface area contributed by atoms with Gasteiger partial charge in [0.2, 0.25) is 0 Å². The Balaban J connectivity index is 1.64. The van der Waals surface area contributed by atoms with Gasteiger partial charge in [0.05, 0.1) is 5.39 Å². The van der Waals surface area contributed by atoms with E-state index in [0.29, 0.717) is 28.5 Å². The third kappa shape index (κ3) is 4.40. The van der Waals surface area contributed by atoms with Crippen molar-refractivity contribution in [2.75, 3.05) is 6.61 Å². The fourth-order valence-corrected chi connectivity index (χ4v) is 3.92. The highest BCUT2D eigenvalue weighted by Crippen LogP contribution is 2.35. The molecule has 1 heterocycles. The molecule has 7 heteroatoms. The Bertz CT molecular complexity index is 920. The van der Waals surface area contributed by atoms with E-state index in [9.17, 15) is 14.4 Å². The Hall–Kier alpha value is -2.70. The van der Waals surface area contributed by atoms with Crippen molar-refractivity contribution in [3.8, 4) is 0 Å². The zero-order valence-corrected chi connectivity index (χ0v) is 16.4. The van der Waals surface area contributed by atoms with E-state index < -0.39 is 24.1 Å². The minimum atomic E-state index is -0.776. The van der Waals surface area contributed by atoms with Crippen LogP contribution in [0.1, 0.15) is 50.5 Å². The molecule has 1 N–H and O–H groups in total. The van der Waals surface area contributed by atoms with Gasteiger partial charge in [-0.2, -0.15) is 5.10 Å². The summed E-state index contributed by atoms with van der Waals surface area (Å²) in [7, 11) is 0. The maximum Gasteiger partial charge on any atom is 0.360 e. The molecule has 1 fully saturated rings. The van der Waals surface area contributed by atoms with E-state index in [1.165, 1.54) is 0 Å². The fraction of sp³-hybridized carbons (Fsp3) is 0.524. The van der Waals surface area contributed by atoms with Crippen LogP contribution in [0.25, 0.3) is 10.8 Å². The van der Waals surface area contributed by atoms with Crippen molar-refractivity contribution in [2.24, 2.45) is 17.8 Å². The van der Waals surface area contributed by atoms with Gasteiger partial charge in [0.15, 0.2) is 12.3 Å². The van der Waals surface area contributed by atoms with E-state index in [-0.39, 0.29) is 11.8 Å². The lowest BCUT2D eigenvalue weighted by atomic mass is 9.75. The van der Waals surface area contributed by atoms with Gasteiger partial charge in [-0.1, -0.05) is 45.4 Å². The van der Waals surface area contributed by atoms with E-state index >= 15 is 0 Å². The predicted molar refractivity (Wildman–Crippen MR) is 104 cm³/mol. The van der Waals surface area contributed by atoms with Gasteiger partial charge >= 0.3 is 11.9 Å². The number of fused-ring (bicyclic) bond motifs is 1. The van der Waals surface area contributed by atoms with Gasteiger partial charge in [0, 0.05) is 5.39 Å². The third-order valence-corrected chi connectivity index (χ3v) is 5.45. The van der Waals surface area contributed by atoms with Crippen LogP contribution in [-0.2, 0) is 14.3 Å². The minimum absolute atomic E-state index is 0.0330. The summed E-state index contributed by atoms with van der Waals surface area (Å²) in [6.45, 7) is 5.94. The SMILES string of the molecule is CC1CCC(C(C)C)C(OC(=O)COC(=O)c2n[nH]c(=O)c3ccccc23)C1. The lowest BCUT2D eigenvalue weighted by Gasteiger charge is -2.36. The molecule has 0 radical (unpaired) electrons. The molecule has 1 aliphatic rings. The average molecular weight is 386 g/mol. The molecule has 28 heavy (non-hydrogen) atoms. The average Bonchev–Trinajstić information content (AvgIpc) is 2.66. The number of nitrogens with one attached hydrogen (secondary N) is 1. The second-order valence-corrected chi connectivity index (χ2v) is 7.88. The Morgan fingerprint density at radius 1 is 1.21 bits per heavy atom. The number of H-pyrrole nitrogens is 1. The summed E-state index contributed by atoms with van der Waals surface area (Å²) in [5.74, 6) is -0.0917. The van der Waals surface area contributed by atoms with Crippen LogP contribution in [0.5, 0.6) is 0 Å². The summed E-state index contributed by atoms with van der Waals surface area (Å²) >= 11 is 0. The van der Waals surface area contributed by atoms with Crippen LogP contribution in [0.4, 0.5) is 0 Å². The topological polar surface area (TPSA) is 98.3 Å². The molecular weight excluding hydrogens is 360 g/mol. The highest BCUT2D eigenvalue weighted by Gasteiger charge is 2.33. The van der Waals surface area contributed by atoms with Gasteiger partial charge in [-0.05, 0) is 36.7 Å². The molecule has 0 spiro atoms. The van der Waals surface area contributed by atoms with Crippen molar-refractivity contribution in [3.63, 3.8) is 0 Å². The number of hydrogen-bond acceptors (Lipinski definition) is 6. The predicted octanol–water partition coefficient (Wildman–Crippen LogP) is 3.08. The molecule has 0 bridgehead atoms. The molecule has 7 nitrogen and oxygen atoms in total. The van der Waals surface area contributed by atoms with Gasteiger partial charge in [-0.15, -0.1) is 0 Å². The standard InChI is InChI=1S/C21H26N2O5/c1-12(2)14-9-8-13(3)10-17(14)28-18(24)11-27-21(26)19-15-6-4-5-7-16(15)20(25)23-22-19/h4-7,12-14,17H,8-11H2,1-3H3,(H,23,25). The van der Waals surface area contributed by atoms with Gasteiger partial charge in [-0.3, -0.25) is 4.79 Å². The number of hydrogen-bond donors (Lipinski definition) is 1. The largest absolute Gasteiger partial charge is 0.460 e. The number of nitrogens with zero attached hydrogens (tertiary/aromatic N) is 1. The maximum atomic E-state index is 12.4. The lowest BCUT2D eigenvalue weighted by molar-refractivity contribution is -0.159. The van der Waals surface area contributed by atoms with Crippen molar-refractivity contribution in [1.29, 1.82) is 0 Å². The zero-order valence-electron chi connectivity index (χ0n) is 16.4. The van der Waals surface area contributed by atoms with E-state index in [1.807, 2.05) is 0 Å². The molecule has 0 saturated heterocycles. The number of benzene rings is 1. The fourth-order valence-electron chi connectivity index (χ4n) is 3.92.